The van der Waals surface area contributed by atoms with Gasteiger partial charge in [0, 0.05) is 35.2 Å². The van der Waals surface area contributed by atoms with Gasteiger partial charge in [0.25, 0.3) is 10.1 Å². The summed E-state index contributed by atoms with van der Waals surface area (Å²) in [4.78, 5) is 17.8. The van der Waals surface area contributed by atoms with Gasteiger partial charge in [-0.05, 0) is 42.7 Å². The number of nitrogens with zero attached hydrogens (tertiary/aromatic N) is 1. The zero-order valence-electron chi connectivity index (χ0n) is 20.8. The molecule has 0 amide bonds. The first kappa shape index (κ1) is 26.1. The Labute approximate surface area is 210 Å². The second-order valence-corrected chi connectivity index (χ2v) is 10.7. The van der Waals surface area contributed by atoms with Crippen molar-refractivity contribution in [3.8, 4) is 5.75 Å². The maximum Gasteiger partial charge on any atom is 0.309 e. The van der Waals surface area contributed by atoms with Crippen LogP contribution in [0.15, 0.2) is 36.4 Å². The molecule has 1 aliphatic rings. The number of hydrogen-bond acceptors (Lipinski definition) is 7. The minimum absolute atomic E-state index is 0.00955. The molecule has 4 rings (SSSR count). The van der Waals surface area contributed by atoms with E-state index in [1.165, 1.54) is 19.2 Å². The van der Waals surface area contributed by atoms with Crippen LogP contribution in [-0.4, -0.2) is 63.9 Å². The molecule has 8 nitrogen and oxygen atoms in total. The lowest BCUT2D eigenvalue weighted by molar-refractivity contribution is -0.145. The minimum Gasteiger partial charge on any atom is -0.491 e. The van der Waals surface area contributed by atoms with Gasteiger partial charge >= 0.3 is 5.97 Å². The van der Waals surface area contributed by atoms with Crippen molar-refractivity contribution in [2.75, 3.05) is 39.7 Å². The molecule has 0 aliphatic carbocycles. The van der Waals surface area contributed by atoms with E-state index in [2.05, 4.69) is 16.0 Å². The van der Waals surface area contributed by atoms with E-state index >= 15 is 4.39 Å². The molecule has 194 valence electrons. The van der Waals surface area contributed by atoms with Crippen LogP contribution in [0.2, 0.25) is 0 Å². The van der Waals surface area contributed by atoms with Crippen LogP contribution in [0.1, 0.15) is 35.3 Å². The summed E-state index contributed by atoms with van der Waals surface area (Å²) >= 11 is 0. The third-order valence-electron chi connectivity index (χ3n) is 6.57. The fraction of sp³-hybridized carbons (Fsp3) is 0.423. The van der Waals surface area contributed by atoms with E-state index in [1.807, 2.05) is 18.2 Å². The average molecular weight is 519 g/mol. The monoisotopic (exact) mass is 518 g/mol. The number of rotatable bonds is 9. The van der Waals surface area contributed by atoms with Gasteiger partial charge in [0.2, 0.25) is 0 Å². The van der Waals surface area contributed by atoms with Crippen LogP contribution in [0.4, 0.5) is 4.39 Å². The number of H-pyrrole nitrogens is 1. The Bertz CT molecular complexity index is 1370. The van der Waals surface area contributed by atoms with Crippen molar-refractivity contribution in [3.05, 3.63) is 64.6 Å². The average Bonchev–Trinajstić information content (AvgIpc) is 3.21. The molecule has 1 aliphatic heterocycles. The van der Waals surface area contributed by atoms with Crippen molar-refractivity contribution in [3.63, 3.8) is 0 Å². The lowest BCUT2D eigenvalue weighted by atomic mass is 9.88. The summed E-state index contributed by atoms with van der Waals surface area (Å²) in [7, 11) is -2.22. The van der Waals surface area contributed by atoms with Gasteiger partial charge in [-0.2, -0.15) is 8.42 Å². The maximum atomic E-state index is 15.6. The highest BCUT2D eigenvalue weighted by Crippen LogP contribution is 2.42. The van der Waals surface area contributed by atoms with Crippen LogP contribution in [0, 0.1) is 18.7 Å². The second-order valence-electron chi connectivity index (χ2n) is 9.09. The molecule has 0 saturated carbocycles. The van der Waals surface area contributed by atoms with Gasteiger partial charge < -0.3 is 14.5 Å². The fourth-order valence-electron chi connectivity index (χ4n) is 4.95. The summed E-state index contributed by atoms with van der Waals surface area (Å²) in [5, 5.41) is 1.10. The number of hydrogen-bond donors (Lipinski definition) is 1. The number of nitrogens with one attached hydrogen (secondary N) is 1. The van der Waals surface area contributed by atoms with E-state index in [0.717, 1.165) is 34.8 Å². The Hall–Kier alpha value is -2.95. The summed E-state index contributed by atoms with van der Waals surface area (Å²) in [6.07, 6.45) is 1.72. The van der Waals surface area contributed by atoms with Crippen LogP contribution < -0.4 is 4.74 Å². The predicted molar refractivity (Wildman–Crippen MR) is 134 cm³/mol. The Balaban J connectivity index is 1.75. The Morgan fingerprint density at radius 3 is 2.69 bits per heavy atom. The first-order valence-corrected chi connectivity index (χ1v) is 13.6. The molecule has 0 fully saturated rings. The summed E-state index contributed by atoms with van der Waals surface area (Å²) in [6.45, 7) is 4.44. The smallest absolute Gasteiger partial charge is 0.309 e. The number of halogens is 1. The number of esters is 1. The molecule has 0 spiro atoms. The number of aromatic amines is 1. The number of methoxy groups -OCH3 is 1. The predicted octanol–water partition coefficient (Wildman–Crippen LogP) is 3.73. The lowest BCUT2D eigenvalue weighted by Crippen LogP contribution is -2.41. The van der Waals surface area contributed by atoms with Gasteiger partial charge in [0.15, 0.2) is 0 Å². The van der Waals surface area contributed by atoms with E-state index in [1.54, 1.807) is 13.8 Å². The van der Waals surface area contributed by atoms with Crippen molar-refractivity contribution >= 4 is 27.0 Å². The Kier molecular flexibility index (Phi) is 7.67. The first-order valence-electron chi connectivity index (χ1n) is 11.8. The van der Waals surface area contributed by atoms with Gasteiger partial charge in [-0.3, -0.25) is 13.9 Å². The van der Waals surface area contributed by atoms with Crippen LogP contribution in [0.5, 0.6) is 5.75 Å². The van der Waals surface area contributed by atoms with Gasteiger partial charge in [0.05, 0.1) is 25.3 Å². The minimum atomic E-state index is -3.58. The summed E-state index contributed by atoms with van der Waals surface area (Å²) < 4.78 is 53.5. The normalized spacial score (nSPS) is 17.1. The number of aromatic nitrogens is 1. The zero-order chi connectivity index (χ0) is 26.0. The molecule has 1 aromatic heterocycles. The number of carbonyl (C=O) groups is 1. The standard InChI is InChI=1S/C26H31FN2O6S/c1-16(26(30)33-3)15-29-12-11-19-18-7-5-6-8-21(18)28-24(19)25(29)23-17(2)22(10-9-20(23)27)34-13-14-35-36(4,31)32/h5-10,16,25,28H,11-15H2,1-4H3/t16-,25+/m0/s1. The molecule has 2 atom stereocenters. The van der Waals surface area contributed by atoms with E-state index in [0.29, 0.717) is 30.0 Å². The molecular formula is C26H31FN2O6S. The Morgan fingerprint density at radius 2 is 1.97 bits per heavy atom. The molecule has 0 saturated heterocycles. The van der Waals surface area contributed by atoms with E-state index in [4.69, 9.17) is 13.7 Å². The van der Waals surface area contributed by atoms with Crippen LogP contribution in [-0.2, 0) is 30.3 Å². The van der Waals surface area contributed by atoms with Gasteiger partial charge in [-0.25, -0.2) is 4.39 Å². The van der Waals surface area contributed by atoms with E-state index < -0.39 is 22.1 Å². The summed E-state index contributed by atoms with van der Waals surface area (Å²) in [6, 6.07) is 10.4. The molecule has 2 heterocycles. The summed E-state index contributed by atoms with van der Waals surface area (Å²) in [5.41, 5.74) is 4.03. The molecular weight excluding hydrogens is 487 g/mol. The number of carbonyl (C=O) groups excluding carboxylic acids is 1. The van der Waals surface area contributed by atoms with E-state index in [-0.39, 0.29) is 25.0 Å². The number of benzene rings is 2. The Morgan fingerprint density at radius 1 is 1.22 bits per heavy atom. The van der Waals surface area contributed by atoms with Gasteiger partial charge in [-0.15, -0.1) is 0 Å². The topological polar surface area (TPSA) is 97.9 Å². The van der Waals surface area contributed by atoms with Crippen molar-refractivity contribution in [1.82, 2.24) is 9.88 Å². The van der Waals surface area contributed by atoms with Crippen LogP contribution in [0.25, 0.3) is 10.9 Å². The van der Waals surface area contributed by atoms with Crippen molar-refractivity contribution < 1.29 is 31.3 Å². The maximum absolute atomic E-state index is 15.6. The van der Waals surface area contributed by atoms with Crippen molar-refractivity contribution in [2.24, 2.45) is 5.92 Å². The van der Waals surface area contributed by atoms with Crippen molar-refractivity contribution in [2.45, 2.75) is 26.3 Å². The zero-order valence-corrected chi connectivity index (χ0v) is 21.7. The number of fused-ring (bicyclic) bond motifs is 3. The third-order valence-corrected chi connectivity index (χ3v) is 7.16. The first-order chi connectivity index (χ1) is 17.1. The third kappa shape index (κ3) is 5.40. The largest absolute Gasteiger partial charge is 0.491 e. The highest BCUT2D eigenvalue weighted by atomic mass is 32.2. The number of para-hydroxylation sites is 1. The molecule has 36 heavy (non-hydrogen) atoms. The highest BCUT2D eigenvalue weighted by molar-refractivity contribution is 7.85. The SMILES string of the molecule is COC(=O)[C@@H](C)CN1CCc2c([nH]c3ccccc23)[C@H]1c1c(F)ccc(OCCOS(C)(=O)=O)c1C. The summed E-state index contributed by atoms with van der Waals surface area (Å²) in [5.74, 6) is -0.678. The second kappa shape index (κ2) is 10.6. The fourth-order valence-corrected chi connectivity index (χ4v) is 5.32. The van der Waals surface area contributed by atoms with Gasteiger partial charge in [-0.1, -0.05) is 25.1 Å². The van der Waals surface area contributed by atoms with Gasteiger partial charge in [0.1, 0.15) is 24.8 Å². The molecule has 0 unspecified atom stereocenters. The molecule has 2 aromatic carbocycles. The van der Waals surface area contributed by atoms with E-state index in [9.17, 15) is 13.2 Å². The number of ether oxygens (including phenoxy) is 2. The molecule has 0 radical (unpaired) electrons. The van der Waals surface area contributed by atoms with Crippen molar-refractivity contribution in [1.29, 1.82) is 0 Å². The molecule has 10 heteroatoms. The molecule has 1 N–H and O–H groups in total. The molecule has 0 bridgehead atoms. The quantitative estimate of drug-likeness (QED) is 0.262. The highest BCUT2D eigenvalue weighted by Gasteiger charge is 2.36. The van der Waals surface area contributed by atoms with Crippen LogP contribution in [0.3, 0.4) is 0 Å². The molecule has 3 aromatic rings. The lowest BCUT2D eigenvalue weighted by Gasteiger charge is -2.38. The van der Waals surface area contributed by atoms with Crippen LogP contribution >= 0.6 is 0 Å².